The number of halogens is 8. The summed E-state index contributed by atoms with van der Waals surface area (Å²) in [6, 6.07) is 21.5. The summed E-state index contributed by atoms with van der Waals surface area (Å²) in [6.45, 7) is 6.20. The fraction of sp³-hybridized carbons (Fsp3) is 0.356. The summed E-state index contributed by atoms with van der Waals surface area (Å²) in [5.74, 6) is 0.821. The predicted molar refractivity (Wildman–Crippen MR) is 246 cm³/mol. The lowest BCUT2D eigenvalue weighted by Crippen LogP contribution is -2.49. The van der Waals surface area contributed by atoms with Crippen LogP contribution in [0.3, 0.4) is 0 Å². The lowest BCUT2D eigenvalue weighted by molar-refractivity contribution is -0.147. The van der Waals surface area contributed by atoms with Gasteiger partial charge in [0.2, 0.25) is 0 Å². The fourth-order valence-corrected chi connectivity index (χ4v) is 8.26. The van der Waals surface area contributed by atoms with Gasteiger partial charge in [-0.2, -0.15) is 36.9 Å². The molecule has 3 N–H and O–H groups in total. The molecule has 14 nitrogen and oxygen atoms in total. The van der Waals surface area contributed by atoms with Gasteiger partial charge in [-0.15, -0.1) is 0 Å². The third kappa shape index (κ3) is 12.9. The normalized spacial score (nSPS) is 15.2. The van der Waals surface area contributed by atoms with E-state index in [0.717, 1.165) is 16.6 Å². The summed E-state index contributed by atoms with van der Waals surface area (Å²) >= 11 is 12.8. The quantitative estimate of drug-likeness (QED) is 0.124. The number of hydrogen-bond acceptors (Lipinski definition) is 12. The number of hydrogen-bond donors (Lipinski definition) is 3. The average molecular weight is 970 g/mol. The van der Waals surface area contributed by atoms with E-state index in [9.17, 15) is 41.7 Å². The number of carbonyl (C=O) groups is 1. The number of nitriles is 2. The molecule has 0 bridgehead atoms. The number of anilines is 6. The molecule has 2 fully saturated rings. The number of piperazine rings is 2. The van der Waals surface area contributed by atoms with Crippen LogP contribution in [0.1, 0.15) is 32.2 Å². The van der Waals surface area contributed by atoms with Crippen LogP contribution in [0.15, 0.2) is 73.1 Å². The number of aromatic nitrogens is 4. The Morgan fingerprint density at radius 2 is 1.18 bits per heavy atom. The standard InChI is InChI=1S/C25H26ClF3N6O2.C20H18ClF3N6/c1-24(2,3)37-23(36)35-5-4-19-20(26)11-16(12-21(19)35)31-22-13-18(10-17(14-30)32-22)34-8-6-33(7-9-34)15-25(27,28)29;21-17-8-13(9-18-16(17)1-2-26-18)27-19-10-15(7-14(11-25)28-19)30-5-3-29(4-6-30)12-20(22,23)24/h4-5,10-13H,6-9,15H2,1-3H3,(H,31,32);1-2,7-10,26H,3-6,12H2,(H,27,28). The van der Waals surface area contributed by atoms with Gasteiger partial charge in [0.15, 0.2) is 0 Å². The zero-order valence-electron chi connectivity index (χ0n) is 36.4. The molecule has 0 radical (unpaired) electrons. The Kier molecular flexibility index (Phi) is 14.3. The first-order chi connectivity index (χ1) is 31.6. The van der Waals surface area contributed by atoms with Crippen molar-refractivity contribution in [1.29, 1.82) is 10.5 Å². The summed E-state index contributed by atoms with van der Waals surface area (Å²) in [4.78, 5) is 31.0. The maximum Gasteiger partial charge on any atom is 0.418 e. The van der Waals surface area contributed by atoms with E-state index in [0.29, 0.717) is 88.9 Å². The number of H-pyrrole nitrogens is 1. The second-order valence-electron chi connectivity index (χ2n) is 16.9. The molecule has 0 spiro atoms. The average Bonchev–Trinajstić information content (AvgIpc) is 3.91. The third-order valence-corrected chi connectivity index (χ3v) is 11.3. The third-order valence-electron chi connectivity index (χ3n) is 10.6. The number of ether oxygens (including phenoxy) is 1. The molecule has 2 aliphatic rings. The van der Waals surface area contributed by atoms with Gasteiger partial charge in [-0.05, 0) is 69.3 Å². The van der Waals surface area contributed by atoms with Gasteiger partial charge in [-0.25, -0.2) is 14.8 Å². The van der Waals surface area contributed by atoms with Crippen LogP contribution >= 0.6 is 23.2 Å². The van der Waals surface area contributed by atoms with E-state index in [2.05, 4.69) is 25.6 Å². The summed E-state index contributed by atoms with van der Waals surface area (Å²) in [6.07, 6.45) is -5.61. The molecule has 4 aromatic heterocycles. The van der Waals surface area contributed by atoms with Crippen LogP contribution in [0.5, 0.6) is 0 Å². The number of nitrogens with zero attached hydrogens (tertiary/aromatic N) is 9. The number of rotatable bonds is 8. The second-order valence-corrected chi connectivity index (χ2v) is 17.7. The highest BCUT2D eigenvalue weighted by molar-refractivity contribution is 6.36. The zero-order chi connectivity index (χ0) is 48.3. The lowest BCUT2D eigenvalue weighted by Gasteiger charge is -2.36. The van der Waals surface area contributed by atoms with E-state index < -0.39 is 37.1 Å². The Hall–Kier alpha value is -6.45. The van der Waals surface area contributed by atoms with Crippen molar-refractivity contribution >= 4 is 85.5 Å². The molecule has 352 valence electrons. The van der Waals surface area contributed by atoms with Crippen LogP contribution in [-0.2, 0) is 4.74 Å². The van der Waals surface area contributed by atoms with Gasteiger partial charge in [0.1, 0.15) is 40.8 Å². The molecule has 0 saturated carbocycles. The topological polar surface area (TPSA) is 157 Å². The van der Waals surface area contributed by atoms with Gasteiger partial charge in [-0.3, -0.25) is 14.4 Å². The minimum Gasteiger partial charge on any atom is -0.443 e. The first-order valence-corrected chi connectivity index (χ1v) is 21.6. The van der Waals surface area contributed by atoms with E-state index in [1.165, 1.54) is 14.4 Å². The SMILES string of the molecule is CC(C)(C)OC(=O)n1ccc2c(Cl)cc(Nc3cc(N4CCN(CC(F)(F)F)CC4)cc(C#N)n3)cc21.N#Cc1cc(N2CCN(CC(F)(F)F)CC2)cc(Nc2cc(Cl)c3cc[nH]c3c2)n1. The summed E-state index contributed by atoms with van der Waals surface area (Å²) in [5.41, 5.74) is 3.74. The second kappa shape index (κ2) is 19.8. The van der Waals surface area contributed by atoms with Gasteiger partial charge in [0.05, 0.1) is 28.7 Å². The molecule has 2 saturated heterocycles. The largest absolute Gasteiger partial charge is 0.443 e. The smallest absolute Gasteiger partial charge is 0.418 e. The van der Waals surface area contributed by atoms with Crippen molar-refractivity contribution in [3.8, 4) is 12.1 Å². The lowest BCUT2D eigenvalue weighted by atomic mass is 10.2. The summed E-state index contributed by atoms with van der Waals surface area (Å²) in [7, 11) is 0. The predicted octanol–water partition coefficient (Wildman–Crippen LogP) is 10.3. The molecule has 0 unspecified atom stereocenters. The number of nitrogens with one attached hydrogen (secondary N) is 3. The Balaban J connectivity index is 0.000000203. The first-order valence-electron chi connectivity index (χ1n) is 20.9. The van der Waals surface area contributed by atoms with Gasteiger partial charge in [-0.1, -0.05) is 23.2 Å². The molecule has 2 aliphatic heterocycles. The monoisotopic (exact) mass is 968 g/mol. The van der Waals surface area contributed by atoms with E-state index in [1.54, 1.807) is 81.7 Å². The summed E-state index contributed by atoms with van der Waals surface area (Å²) in [5, 5.41) is 27.7. The molecule has 0 atom stereocenters. The van der Waals surface area contributed by atoms with Crippen LogP contribution in [0, 0.1) is 22.7 Å². The minimum atomic E-state index is -4.24. The molecular weight excluding hydrogens is 925 g/mol. The molecule has 2 aromatic carbocycles. The zero-order valence-corrected chi connectivity index (χ0v) is 37.9. The molecular formula is C45H44Cl2F6N12O2. The Morgan fingerprint density at radius 1 is 0.701 bits per heavy atom. The molecule has 67 heavy (non-hydrogen) atoms. The summed E-state index contributed by atoms with van der Waals surface area (Å²) < 4.78 is 82.8. The molecule has 8 rings (SSSR count). The van der Waals surface area contributed by atoms with Crippen molar-refractivity contribution in [3.05, 3.63) is 94.5 Å². The van der Waals surface area contributed by atoms with Crippen LogP contribution in [0.4, 0.5) is 65.5 Å². The van der Waals surface area contributed by atoms with E-state index in [-0.39, 0.29) is 24.5 Å². The molecule has 6 heterocycles. The van der Waals surface area contributed by atoms with Crippen molar-refractivity contribution in [2.24, 2.45) is 0 Å². The van der Waals surface area contributed by atoms with Crippen molar-refractivity contribution in [2.75, 3.05) is 85.9 Å². The maximum absolute atomic E-state index is 12.7. The van der Waals surface area contributed by atoms with E-state index in [1.807, 2.05) is 34.1 Å². The number of pyridine rings is 2. The highest BCUT2D eigenvalue weighted by Gasteiger charge is 2.33. The van der Waals surface area contributed by atoms with E-state index >= 15 is 0 Å². The number of benzene rings is 2. The van der Waals surface area contributed by atoms with E-state index in [4.69, 9.17) is 27.9 Å². The van der Waals surface area contributed by atoms with Crippen LogP contribution < -0.4 is 20.4 Å². The number of aromatic amines is 1. The van der Waals surface area contributed by atoms with Gasteiger partial charge < -0.3 is 30.2 Å². The van der Waals surface area contributed by atoms with Crippen LogP contribution in [0.2, 0.25) is 10.0 Å². The Bertz CT molecular complexity index is 2830. The Morgan fingerprint density at radius 3 is 1.64 bits per heavy atom. The maximum atomic E-state index is 12.7. The van der Waals surface area contributed by atoms with Crippen molar-refractivity contribution in [2.45, 2.75) is 38.7 Å². The van der Waals surface area contributed by atoms with Gasteiger partial charge >= 0.3 is 18.4 Å². The highest BCUT2D eigenvalue weighted by atomic mass is 35.5. The molecule has 0 aliphatic carbocycles. The first kappa shape index (κ1) is 48.5. The van der Waals surface area contributed by atoms with Crippen molar-refractivity contribution < 1.29 is 35.9 Å². The number of alkyl halides is 6. The minimum absolute atomic E-state index is 0.155. The number of fused-ring (bicyclic) bond motifs is 2. The molecule has 22 heteroatoms. The van der Waals surface area contributed by atoms with Crippen molar-refractivity contribution in [1.82, 2.24) is 29.3 Å². The van der Waals surface area contributed by atoms with Gasteiger partial charge in [0, 0.05) is 116 Å². The molecule has 0 amide bonds. The Labute approximate surface area is 391 Å². The van der Waals surface area contributed by atoms with Crippen LogP contribution in [0.25, 0.3) is 21.8 Å². The van der Waals surface area contributed by atoms with Gasteiger partial charge in [0.25, 0.3) is 0 Å². The molecule has 6 aromatic rings. The number of carbonyl (C=O) groups excluding carboxylic acids is 1. The van der Waals surface area contributed by atoms with Crippen molar-refractivity contribution in [3.63, 3.8) is 0 Å². The van der Waals surface area contributed by atoms with Crippen LogP contribution in [-0.4, -0.2) is 119 Å². The fourth-order valence-electron chi connectivity index (χ4n) is 7.70. The highest BCUT2D eigenvalue weighted by Crippen LogP contribution is 2.33.